The maximum Gasteiger partial charge on any atom is 0.415 e. The van der Waals surface area contributed by atoms with Gasteiger partial charge in [0.25, 0.3) is 5.89 Å². The Balaban J connectivity index is 1.32. The monoisotopic (exact) mass is 463 g/mol. The Morgan fingerprint density at radius 1 is 1.21 bits per heavy atom. The molecule has 1 saturated heterocycles. The molecular weight excluding hydrogens is 447 g/mol. The van der Waals surface area contributed by atoms with Gasteiger partial charge in [-0.1, -0.05) is 5.16 Å². The molecule has 0 saturated carbocycles. The molecule has 1 atom stereocenters. The van der Waals surface area contributed by atoms with Gasteiger partial charge < -0.3 is 19.5 Å². The van der Waals surface area contributed by atoms with Crippen LogP contribution in [0.5, 0.6) is 0 Å². The number of hydrogen-bond acceptors (Lipinski definition) is 7. The van der Waals surface area contributed by atoms with E-state index in [0.717, 1.165) is 0 Å². The molecule has 3 amide bonds. The van der Waals surface area contributed by atoms with Crippen molar-refractivity contribution >= 4 is 23.5 Å². The summed E-state index contributed by atoms with van der Waals surface area (Å²) in [6.45, 7) is 2.38. The first-order chi connectivity index (χ1) is 15.8. The molecule has 1 unspecified atom stereocenters. The zero-order valence-corrected chi connectivity index (χ0v) is 17.1. The number of rotatable bonds is 3. The Kier molecular flexibility index (Phi) is 4.91. The van der Waals surface area contributed by atoms with Crippen LogP contribution in [0.2, 0.25) is 0 Å². The number of ether oxygens (including phenoxy) is 1. The lowest BCUT2D eigenvalue weighted by Gasteiger charge is -2.29. The number of carbonyl (C=O) groups excluding carboxylic acids is 2. The number of aromatic nitrogens is 4. The van der Waals surface area contributed by atoms with Gasteiger partial charge >= 0.3 is 12.1 Å². The molecule has 0 bridgehead atoms. The van der Waals surface area contributed by atoms with Crippen LogP contribution in [0.15, 0.2) is 22.9 Å². The maximum atomic E-state index is 13.5. The minimum absolute atomic E-state index is 0.0570. The van der Waals surface area contributed by atoms with Gasteiger partial charge in [-0.05, 0) is 6.92 Å². The lowest BCUT2D eigenvalue weighted by atomic mass is 10.2. The van der Waals surface area contributed by atoms with Crippen LogP contribution in [0.4, 0.5) is 34.1 Å². The molecule has 1 fully saturated rings. The highest BCUT2D eigenvalue weighted by atomic mass is 19.2. The number of urea groups is 1. The van der Waals surface area contributed by atoms with Crippen LogP contribution in [0.25, 0.3) is 0 Å². The number of fused-ring (bicyclic) bond motifs is 1. The zero-order chi connectivity index (χ0) is 23.3. The molecule has 1 N–H and O–H groups in total. The van der Waals surface area contributed by atoms with Gasteiger partial charge in [-0.15, -0.1) is 0 Å². The first-order valence-corrected chi connectivity index (χ1v) is 9.83. The Labute approximate surface area is 183 Å². The summed E-state index contributed by atoms with van der Waals surface area (Å²) < 4.78 is 52.1. The van der Waals surface area contributed by atoms with E-state index in [9.17, 15) is 22.8 Å². The molecule has 2 aliphatic rings. The molecule has 2 aromatic heterocycles. The standard InChI is InChI=1S/C19H16F3N7O4/c1-9-24-17(33-26-9)15-8-28(19(31)32-15)13-6-23-29-3-2-27(7-14(13)29)18(30)25-10-4-11(20)16(22)12(21)5-10/h4-6,15H,2-3,7-8H2,1H3,(H,25,30). The van der Waals surface area contributed by atoms with E-state index < -0.39 is 35.7 Å². The zero-order valence-electron chi connectivity index (χ0n) is 17.1. The van der Waals surface area contributed by atoms with Crippen molar-refractivity contribution in [2.24, 2.45) is 0 Å². The molecule has 5 rings (SSSR count). The van der Waals surface area contributed by atoms with Gasteiger partial charge in [0.15, 0.2) is 23.3 Å². The largest absolute Gasteiger partial charge is 0.434 e. The van der Waals surface area contributed by atoms with Crippen LogP contribution in [-0.2, 0) is 17.8 Å². The predicted octanol–water partition coefficient (Wildman–Crippen LogP) is 2.74. The van der Waals surface area contributed by atoms with Crippen molar-refractivity contribution in [3.63, 3.8) is 0 Å². The van der Waals surface area contributed by atoms with Crippen LogP contribution < -0.4 is 10.2 Å². The predicted molar refractivity (Wildman–Crippen MR) is 104 cm³/mol. The number of carbonyl (C=O) groups is 2. The lowest BCUT2D eigenvalue weighted by Crippen LogP contribution is -2.41. The third kappa shape index (κ3) is 3.72. The van der Waals surface area contributed by atoms with Crippen molar-refractivity contribution in [3.8, 4) is 0 Å². The Morgan fingerprint density at radius 3 is 2.67 bits per heavy atom. The van der Waals surface area contributed by atoms with Crippen molar-refractivity contribution in [1.29, 1.82) is 0 Å². The molecule has 0 aliphatic carbocycles. The first-order valence-electron chi connectivity index (χ1n) is 9.83. The minimum Gasteiger partial charge on any atom is -0.434 e. The summed E-state index contributed by atoms with van der Waals surface area (Å²) in [6, 6.07) is 0.729. The highest BCUT2D eigenvalue weighted by Crippen LogP contribution is 2.33. The molecule has 1 aromatic carbocycles. The van der Waals surface area contributed by atoms with E-state index >= 15 is 0 Å². The van der Waals surface area contributed by atoms with Crippen LogP contribution in [0, 0.1) is 24.4 Å². The summed E-state index contributed by atoms with van der Waals surface area (Å²) in [5.74, 6) is -3.87. The number of hydrogen-bond donors (Lipinski definition) is 1. The molecule has 2 aliphatic heterocycles. The van der Waals surface area contributed by atoms with Crippen molar-refractivity contribution in [3.05, 3.63) is 53.2 Å². The fourth-order valence-electron chi connectivity index (χ4n) is 3.69. The van der Waals surface area contributed by atoms with Gasteiger partial charge in [-0.3, -0.25) is 9.58 Å². The second-order valence-electron chi connectivity index (χ2n) is 7.47. The van der Waals surface area contributed by atoms with E-state index in [1.54, 1.807) is 11.6 Å². The summed E-state index contributed by atoms with van der Waals surface area (Å²) in [4.78, 5) is 31.9. The fraction of sp³-hybridized carbons (Fsp3) is 0.316. The molecule has 14 heteroatoms. The SMILES string of the molecule is Cc1noc(C2CN(c3cnn4c3CN(C(=O)Nc3cc(F)c(F)c(F)c3)CC4)C(=O)O2)n1. The lowest BCUT2D eigenvalue weighted by molar-refractivity contribution is 0.121. The number of benzene rings is 1. The van der Waals surface area contributed by atoms with Crippen molar-refractivity contribution in [1.82, 2.24) is 24.8 Å². The number of nitrogens with one attached hydrogen (secondary N) is 1. The van der Waals surface area contributed by atoms with Gasteiger partial charge in [-0.2, -0.15) is 10.1 Å². The maximum absolute atomic E-state index is 13.5. The van der Waals surface area contributed by atoms with E-state index in [-0.39, 0.29) is 31.2 Å². The molecule has 172 valence electrons. The smallest absolute Gasteiger partial charge is 0.415 e. The quantitative estimate of drug-likeness (QED) is 0.594. The van der Waals surface area contributed by atoms with E-state index in [1.165, 1.54) is 16.0 Å². The van der Waals surface area contributed by atoms with Gasteiger partial charge in [0.05, 0.1) is 37.2 Å². The van der Waals surface area contributed by atoms with E-state index in [2.05, 4.69) is 20.6 Å². The number of amides is 3. The van der Waals surface area contributed by atoms with Gasteiger partial charge in [0.2, 0.25) is 6.10 Å². The third-order valence-electron chi connectivity index (χ3n) is 5.29. The third-order valence-corrected chi connectivity index (χ3v) is 5.29. The molecule has 0 spiro atoms. The number of anilines is 2. The summed E-state index contributed by atoms with van der Waals surface area (Å²) in [5.41, 5.74) is 0.777. The van der Waals surface area contributed by atoms with Crippen molar-refractivity contribution in [2.75, 3.05) is 23.3 Å². The summed E-state index contributed by atoms with van der Waals surface area (Å²) >= 11 is 0. The van der Waals surface area contributed by atoms with Crippen LogP contribution in [0.3, 0.4) is 0 Å². The Bertz CT molecular complexity index is 1240. The highest BCUT2D eigenvalue weighted by molar-refractivity contribution is 5.91. The number of cyclic esters (lactones) is 1. The number of nitrogens with zero attached hydrogens (tertiary/aromatic N) is 6. The Morgan fingerprint density at radius 2 is 1.97 bits per heavy atom. The molecule has 33 heavy (non-hydrogen) atoms. The van der Waals surface area contributed by atoms with E-state index in [0.29, 0.717) is 35.9 Å². The minimum atomic E-state index is -1.62. The van der Waals surface area contributed by atoms with Crippen molar-refractivity contribution < 1.29 is 32.0 Å². The van der Waals surface area contributed by atoms with Crippen LogP contribution in [0.1, 0.15) is 23.5 Å². The Hall–Kier alpha value is -4.10. The van der Waals surface area contributed by atoms with Gasteiger partial charge in [-0.25, -0.2) is 22.8 Å². The average Bonchev–Trinajstić information content (AvgIpc) is 3.49. The average molecular weight is 463 g/mol. The topological polar surface area (TPSA) is 119 Å². The van der Waals surface area contributed by atoms with Crippen molar-refractivity contribution in [2.45, 2.75) is 26.1 Å². The fourth-order valence-corrected chi connectivity index (χ4v) is 3.69. The molecule has 3 aromatic rings. The van der Waals surface area contributed by atoms with Crippen LogP contribution in [-0.4, -0.2) is 50.0 Å². The number of halogens is 3. The first kappa shape index (κ1) is 20.8. The van der Waals surface area contributed by atoms with Gasteiger partial charge in [0, 0.05) is 24.4 Å². The summed E-state index contributed by atoms with van der Waals surface area (Å²) in [6.07, 6.45) is 0.107. The highest BCUT2D eigenvalue weighted by Gasteiger charge is 2.39. The molecule has 4 heterocycles. The second-order valence-corrected chi connectivity index (χ2v) is 7.47. The summed E-state index contributed by atoms with van der Waals surface area (Å²) in [7, 11) is 0. The normalized spacial score (nSPS) is 17.8. The molecular formula is C19H16F3N7O4. The molecule has 0 radical (unpaired) electrons. The summed E-state index contributed by atoms with van der Waals surface area (Å²) in [5, 5.41) is 10.3. The number of aryl methyl sites for hydroxylation is 1. The second kappa shape index (κ2) is 7.79. The molecule has 11 nitrogen and oxygen atoms in total. The van der Waals surface area contributed by atoms with Crippen LogP contribution >= 0.6 is 0 Å². The van der Waals surface area contributed by atoms with E-state index in [4.69, 9.17) is 9.26 Å². The van der Waals surface area contributed by atoms with E-state index in [1.807, 2.05) is 0 Å². The van der Waals surface area contributed by atoms with Gasteiger partial charge in [0.1, 0.15) is 0 Å².